The first-order chi connectivity index (χ1) is 12.7. The van der Waals surface area contributed by atoms with Gasteiger partial charge in [-0.1, -0.05) is 30.3 Å². The van der Waals surface area contributed by atoms with Crippen molar-refractivity contribution in [1.82, 2.24) is 0 Å². The summed E-state index contributed by atoms with van der Waals surface area (Å²) < 4.78 is 10.9. The average Bonchev–Trinajstić information content (AvgIpc) is 3.16. The van der Waals surface area contributed by atoms with Gasteiger partial charge in [-0.15, -0.1) is 0 Å². The third-order valence-corrected chi connectivity index (χ3v) is 3.78. The van der Waals surface area contributed by atoms with Gasteiger partial charge >= 0.3 is 0 Å². The lowest BCUT2D eigenvalue weighted by Crippen LogP contribution is -2.07. The molecule has 0 spiro atoms. The fourth-order valence-corrected chi connectivity index (χ4v) is 2.50. The monoisotopic (exact) mass is 349 g/mol. The third-order valence-electron chi connectivity index (χ3n) is 3.78. The normalized spacial score (nSPS) is 10.8. The Morgan fingerprint density at radius 1 is 1.15 bits per heavy atom. The van der Waals surface area contributed by atoms with E-state index in [0.717, 1.165) is 11.1 Å². The standard InChI is InChI=1S/C21H19NO4/c1-25-20-13-16(8-10-18(20)19-11-9-17(14-23)26-19)22-21(24)12-7-15-5-3-2-4-6-15/h2-13,23H,14H2,1H3,(H,22,24)/b12-7+. The van der Waals surface area contributed by atoms with Crippen molar-refractivity contribution in [2.45, 2.75) is 6.61 Å². The Morgan fingerprint density at radius 3 is 2.65 bits per heavy atom. The molecule has 132 valence electrons. The molecule has 0 saturated carbocycles. The van der Waals surface area contributed by atoms with E-state index < -0.39 is 0 Å². The molecular formula is C21H19NO4. The summed E-state index contributed by atoms with van der Waals surface area (Å²) in [6.45, 7) is -0.162. The van der Waals surface area contributed by atoms with Gasteiger partial charge in [-0.05, 0) is 35.9 Å². The van der Waals surface area contributed by atoms with Crippen molar-refractivity contribution in [2.24, 2.45) is 0 Å². The van der Waals surface area contributed by atoms with Crippen molar-refractivity contribution < 1.29 is 19.1 Å². The van der Waals surface area contributed by atoms with Crippen LogP contribution in [0.25, 0.3) is 17.4 Å². The van der Waals surface area contributed by atoms with Crippen LogP contribution in [0.15, 0.2) is 71.2 Å². The fourth-order valence-electron chi connectivity index (χ4n) is 2.50. The maximum Gasteiger partial charge on any atom is 0.248 e. The highest BCUT2D eigenvalue weighted by molar-refractivity contribution is 6.02. The van der Waals surface area contributed by atoms with E-state index in [-0.39, 0.29) is 12.5 Å². The largest absolute Gasteiger partial charge is 0.496 e. The Balaban J connectivity index is 1.74. The first-order valence-corrected chi connectivity index (χ1v) is 8.11. The first-order valence-electron chi connectivity index (χ1n) is 8.11. The van der Waals surface area contributed by atoms with Crippen LogP contribution < -0.4 is 10.1 Å². The SMILES string of the molecule is COc1cc(NC(=O)/C=C/c2ccccc2)ccc1-c1ccc(CO)o1. The summed E-state index contributed by atoms with van der Waals surface area (Å²) in [6.07, 6.45) is 3.23. The molecule has 26 heavy (non-hydrogen) atoms. The predicted octanol–water partition coefficient (Wildman–Crippen LogP) is 4.10. The number of aliphatic hydroxyl groups excluding tert-OH is 1. The van der Waals surface area contributed by atoms with Crippen LogP contribution in [0.4, 0.5) is 5.69 Å². The molecule has 0 unspecified atom stereocenters. The molecule has 3 rings (SSSR count). The minimum absolute atomic E-state index is 0.162. The fraction of sp³-hybridized carbons (Fsp3) is 0.0952. The quantitative estimate of drug-likeness (QED) is 0.657. The Bertz CT molecular complexity index is 913. The van der Waals surface area contributed by atoms with Crippen molar-refractivity contribution in [2.75, 3.05) is 12.4 Å². The smallest absolute Gasteiger partial charge is 0.248 e. The molecule has 0 fully saturated rings. The molecular weight excluding hydrogens is 330 g/mol. The predicted molar refractivity (Wildman–Crippen MR) is 101 cm³/mol. The number of benzene rings is 2. The number of ether oxygens (including phenoxy) is 1. The second kappa shape index (κ2) is 8.18. The van der Waals surface area contributed by atoms with E-state index in [2.05, 4.69) is 5.32 Å². The Labute approximate surface area is 151 Å². The minimum Gasteiger partial charge on any atom is -0.496 e. The number of methoxy groups -OCH3 is 1. The Morgan fingerprint density at radius 2 is 1.96 bits per heavy atom. The molecule has 0 aliphatic heterocycles. The summed E-state index contributed by atoms with van der Waals surface area (Å²) in [5.74, 6) is 1.40. The molecule has 0 aliphatic rings. The van der Waals surface area contributed by atoms with E-state index in [0.29, 0.717) is 23.0 Å². The lowest BCUT2D eigenvalue weighted by atomic mass is 10.1. The van der Waals surface area contributed by atoms with Crippen molar-refractivity contribution >= 4 is 17.7 Å². The van der Waals surface area contributed by atoms with E-state index in [1.165, 1.54) is 6.08 Å². The van der Waals surface area contributed by atoms with Gasteiger partial charge in [-0.3, -0.25) is 4.79 Å². The number of carbonyl (C=O) groups is 1. The third kappa shape index (κ3) is 4.20. The highest BCUT2D eigenvalue weighted by atomic mass is 16.5. The van der Waals surface area contributed by atoms with E-state index in [9.17, 15) is 4.79 Å². The molecule has 1 amide bonds. The van der Waals surface area contributed by atoms with Crippen LogP contribution in [0, 0.1) is 0 Å². The van der Waals surface area contributed by atoms with Crippen molar-refractivity contribution in [3.8, 4) is 17.1 Å². The maximum atomic E-state index is 12.1. The van der Waals surface area contributed by atoms with E-state index in [1.54, 1.807) is 43.5 Å². The van der Waals surface area contributed by atoms with Gasteiger partial charge in [-0.2, -0.15) is 0 Å². The minimum atomic E-state index is -0.232. The molecule has 1 aromatic heterocycles. The summed E-state index contributed by atoms with van der Waals surface area (Å²) in [4.78, 5) is 12.1. The molecule has 3 aromatic rings. The number of nitrogens with one attached hydrogen (secondary N) is 1. The second-order valence-electron chi connectivity index (χ2n) is 5.57. The Kier molecular flexibility index (Phi) is 5.51. The number of carbonyl (C=O) groups excluding carboxylic acids is 1. The van der Waals surface area contributed by atoms with E-state index in [4.69, 9.17) is 14.3 Å². The Hall–Kier alpha value is -3.31. The highest BCUT2D eigenvalue weighted by Crippen LogP contribution is 2.33. The molecule has 1 heterocycles. The topological polar surface area (TPSA) is 71.7 Å². The van der Waals surface area contributed by atoms with Gasteiger partial charge in [-0.25, -0.2) is 0 Å². The summed E-state index contributed by atoms with van der Waals surface area (Å²) in [6, 6.07) is 18.4. The molecule has 0 radical (unpaired) electrons. The number of anilines is 1. The van der Waals surface area contributed by atoms with Gasteiger partial charge in [0, 0.05) is 17.8 Å². The van der Waals surface area contributed by atoms with Crippen LogP contribution in [0.3, 0.4) is 0 Å². The molecule has 0 atom stereocenters. The van der Waals surface area contributed by atoms with Gasteiger partial charge in [0.1, 0.15) is 23.9 Å². The summed E-state index contributed by atoms with van der Waals surface area (Å²) in [5, 5.41) is 11.9. The number of rotatable bonds is 6. The zero-order valence-electron chi connectivity index (χ0n) is 14.3. The molecule has 5 nitrogen and oxygen atoms in total. The summed E-state index contributed by atoms with van der Waals surface area (Å²) >= 11 is 0. The average molecular weight is 349 g/mol. The molecule has 2 N–H and O–H groups in total. The molecule has 0 aliphatic carbocycles. The van der Waals surface area contributed by atoms with Crippen LogP contribution in [0.2, 0.25) is 0 Å². The molecule has 0 bridgehead atoms. The maximum absolute atomic E-state index is 12.1. The van der Waals surface area contributed by atoms with Gasteiger partial charge in [0.2, 0.25) is 5.91 Å². The lowest BCUT2D eigenvalue weighted by molar-refractivity contribution is -0.111. The number of hydrogen-bond donors (Lipinski definition) is 2. The second-order valence-corrected chi connectivity index (χ2v) is 5.57. The van der Waals surface area contributed by atoms with E-state index >= 15 is 0 Å². The zero-order chi connectivity index (χ0) is 18.4. The van der Waals surface area contributed by atoms with E-state index in [1.807, 2.05) is 30.3 Å². The molecule has 0 saturated heterocycles. The number of aliphatic hydroxyl groups is 1. The summed E-state index contributed by atoms with van der Waals surface area (Å²) in [7, 11) is 1.55. The van der Waals surface area contributed by atoms with Crippen molar-refractivity contribution in [1.29, 1.82) is 0 Å². The van der Waals surface area contributed by atoms with Crippen molar-refractivity contribution in [3.05, 3.63) is 78.1 Å². The van der Waals surface area contributed by atoms with Gasteiger partial charge in [0.05, 0.1) is 12.7 Å². The van der Waals surface area contributed by atoms with Gasteiger partial charge in [0.25, 0.3) is 0 Å². The van der Waals surface area contributed by atoms with Crippen LogP contribution in [-0.4, -0.2) is 18.1 Å². The number of furan rings is 1. The van der Waals surface area contributed by atoms with Crippen LogP contribution in [0.1, 0.15) is 11.3 Å². The van der Waals surface area contributed by atoms with Crippen LogP contribution in [0.5, 0.6) is 5.75 Å². The van der Waals surface area contributed by atoms with Crippen LogP contribution >= 0.6 is 0 Å². The lowest BCUT2D eigenvalue weighted by Gasteiger charge is -2.09. The summed E-state index contributed by atoms with van der Waals surface area (Å²) in [5.41, 5.74) is 2.31. The van der Waals surface area contributed by atoms with Crippen LogP contribution in [-0.2, 0) is 11.4 Å². The molecule has 2 aromatic carbocycles. The first kappa shape index (κ1) is 17.5. The highest BCUT2D eigenvalue weighted by Gasteiger charge is 2.11. The van der Waals surface area contributed by atoms with Gasteiger partial charge < -0.3 is 19.6 Å². The van der Waals surface area contributed by atoms with Gasteiger partial charge in [0.15, 0.2) is 0 Å². The van der Waals surface area contributed by atoms with Crippen molar-refractivity contribution in [3.63, 3.8) is 0 Å². The number of amides is 1. The number of hydrogen-bond acceptors (Lipinski definition) is 4. The molecule has 5 heteroatoms. The zero-order valence-corrected chi connectivity index (χ0v) is 14.3.